The van der Waals surface area contributed by atoms with Crippen molar-refractivity contribution < 1.29 is 0 Å². The van der Waals surface area contributed by atoms with E-state index >= 15 is 0 Å². The molecule has 0 aliphatic carbocycles. The lowest BCUT2D eigenvalue weighted by Crippen LogP contribution is -2.22. The van der Waals surface area contributed by atoms with Crippen molar-refractivity contribution in [1.82, 2.24) is 0 Å². The van der Waals surface area contributed by atoms with Crippen LogP contribution in [0.4, 0.5) is 0 Å². The quantitative estimate of drug-likeness (QED) is 0.442. The van der Waals surface area contributed by atoms with E-state index in [2.05, 4.69) is 41.5 Å². The van der Waals surface area contributed by atoms with Crippen LogP contribution in [0, 0.1) is 17.3 Å². The summed E-state index contributed by atoms with van der Waals surface area (Å²) in [6, 6.07) is 0. The van der Waals surface area contributed by atoms with E-state index in [-0.39, 0.29) is 0 Å². The van der Waals surface area contributed by atoms with Crippen LogP contribution in [0.15, 0.2) is 0 Å². The fourth-order valence-electron chi connectivity index (χ4n) is 2.47. The summed E-state index contributed by atoms with van der Waals surface area (Å²) in [5, 5.41) is 0. The van der Waals surface area contributed by atoms with Crippen molar-refractivity contribution in [3.63, 3.8) is 0 Å². The Morgan fingerprint density at radius 3 is 1.88 bits per heavy atom. The summed E-state index contributed by atoms with van der Waals surface area (Å²) in [6.45, 7) is 14.2. The summed E-state index contributed by atoms with van der Waals surface area (Å²) in [6.07, 6.45) is 9.93. The van der Waals surface area contributed by atoms with E-state index in [4.69, 9.17) is 0 Å². The first-order chi connectivity index (χ1) is 7.38. The second-order valence-electron chi connectivity index (χ2n) is 6.90. The van der Waals surface area contributed by atoms with Crippen molar-refractivity contribution in [2.45, 2.75) is 86.5 Å². The van der Waals surface area contributed by atoms with Gasteiger partial charge in [-0.05, 0) is 30.1 Å². The number of unbranched alkanes of at least 4 members (excludes halogenated alkanes) is 4. The van der Waals surface area contributed by atoms with Crippen LogP contribution in [0.5, 0.6) is 0 Å². The van der Waals surface area contributed by atoms with Crippen molar-refractivity contribution in [3.05, 3.63) is 0 Å². The fourth-order valence-corrected chi connectivity index (χ4v) is 2.47. The van der Waals surface area contributed by atoms with Crippen LogP contribution in [-0.4, -0.2) is 0 Å². The smallest absolute Gasteiger partial charge is 0.0354 e. The van der Waals surface area contributed by atoms with Crippen LogP contribution < -0.4 is 0 Å². The van der Waals surface area contributed by atoms with E-state index < -0.39 is 0 Å². The fraction of sp³-hybridized carbons (Fsp3) is 1.00. The van der Waals surface area contributed by atoms with Gasteiger partial charge in [0.1, 0.15) is 0 Å². The molecule has 0 spiro atoms. The zero-order chi connectivity index (χ0) is 12.6. The molecule has 0 aliphatic heterocycles. The maximum absolute atomic E-state index is 2.41. The van der Waals surface area contributed by atoms with Gasteiger partial charge in [-0.3, -0.25) is 0 Å². The third kappa shape index (κ3) is 8.19. The number of rotatable bonds is 8. The van der Waals surface area contributed by atoms with Crippen LogP contribution >= 0.6 is 0 Å². The van der Waals surface area contributed by atoms with Crippen molar-refractivity contribution in [2.24, 2.45) is 17.3 Å². The zero-order valence-corrected chi connectivity index (χ0v) is 12.6. The average molecular weight is 226 g/mol. The minimum absolute atomic E-state index is 0.495. The molecule has 16 heavy (non-hydrogen) atoms. The van der Waals surface area contributed by atoms with Crippen LogP contribution in [0.2, 0.25) is 0 Å². The molecule has 0 nitrogen and oxygen atoms in total. The van der Waals surface area contributed by atoms with E-state index in [1.165, 1.54) is 44.9 Å². The Hall–Kier alpha value is 0. The van der Waals surface area contributed by atoms with Gasteiger partial charge < -0.3 is 0 Å². The predicted octanol–water partition coefficient (Wildman–Crippen LogP) is 6.06. The zero-order valence-electron chi connectivity index (χ0n) is 12.6. The monoisotopic (exact) mass is 226 g/mol. The van der Waals surface area contributed by atoms with Crippen LogP contribution in [-0.2, 0) is 0 Å². The van der Waals surface area contributed by atoms with Gasteiger partial charge in [0, 0.05) is 0 Å². The Kier molecular flexibility index (Phi) is 8.14. The maximum Gasteiger partial charge on any atom is -0.0354 e. The van der Waals surface area contributed by atoms with E-state index in [9.17, 15) is 0 Å². The van der Waals surface area contributed by atoms with Crippen molar-refractivity contribution in [3.8, 4) is 0 Å². The summed E-state index contributed by atoms with van der Waals surface area (Å²) < 4.78 is 0. The van der Waals surface area contributed by atoms with E-state index in [1.54, 1.807) is 0 Å². The first kappa shape index (κ1) is 16.0. The van der Waals surface area contributed by atoms with Gasteiger partial charge in [0.05, 0.1) is 0 Å². The van der Waals surface area contributed by atoms with E-state index in [0.29, 0.717) is 5.41 Å². The molecule has 0 heteroatoms. The first-order valence-electron chi connectivity index (χ1n) is 7.38. The lowest BCUT2D eigenvalue weighted by Gasteiger charge is -2.32. The molecule has 98 valence electrons. The van der Waals surface area contributed by atoms with Crippen LogP contribution in [0.3, 0.4) is 0 Å². The maximum atomic E-state index is 2.41. The normalized spacial score (nSPS) is 14.4. The van der Waals surface area contributed by atoms with E-state index in [0.717, 1.165) is 11.8 Å². The molecule has 0 rings (SSSR count). The van der Waals surface area contributed by atoms with Gasteiger partial charge in [-0.1, -0.05) is 73.6 Å². The predicted molar refractivity (Wildman–Crippen MR) is 75.8 cm³/mol. The number of hydrogen-bond acceptors (Lipinski definition) is 0. The van der Waals surface area contributed by atoms with Gasteiger partial charge >= 0.3 is 0 Å². The molecule has 0 fully saturated rings. The van der Waals surface area contributed by atoms with Gasteiger partial charge in [-0.2, -0.15) is 0 Å². The highest BCUT2D eigenvalue weighted by Gasteiger charge is 2.24. The Bertz CT molecular complexity index is 150. The largest absolute Gasteiger partial charge is 0.0654 e. The van der Waals surface area contributed by atoms with E-state index in [1.807, 2.05) is 0 Å². The molecular formula is C16H34. The summed E-state index contributed by atoms with van der Waals surface area (Å²) in [5.74, 6) is 1.76. The van der Waals surface area contributed by atoms with Crippen LogP contribution in [0.25, 0.3) is 0 Å². The SMILES string of the molecule is CCCCCCCC(CC(C)C)C(C)(C)C. The minimum Gasteiger partial charge on any atom is -0.0654 e. The van der Waals surface area contributed by atoms with Gasteiger partial charge in [-0.25, -0.2) is 0 Å². The van der Waals surface area contributed by atoms with Crippen molar-refractivity contribution in [1.29, 1.82) is 0 Å². The highest BCUT2D eigenvalue weighted by atomic mass is 14.3. The van der Waals surface area contributed by atoms with Gasteiger partial charge in [0.15, 0.2) is 0 Å². The van der Waals surface area contributed by atoms with Gasteiger partial charge in [0.2, 0.25) is 0 Å². The number of hydrogen-bond donors (Lipinski definition) is 0. The molecule has 0 saturated carbocycles. The lowest BCUT2D eigenvalue weighted by atomic mass is 9.74. The highest BCUT2D eigenvalue weighted by molar-refractivity contribution is 4.75. The Morgan fingerprint density at radius 1 is 0.875 bits per heavy atom. The Balaban J connectivity index is 3.84. The van der Waals surface area contributed by atoms with Gasteiger partial charge in [0.25, 0.3) is 0 Å². The molecule has 0 N–H and O–H groups in total. The molecule has 0 bridgehead atoms. The third-order valence-electron chi connectivity index (χ3n) is 3.64. The molecule has 0 radical (unpaired) electrons. The second kappa shape index (κ2) is 8.14. The molecule has 0 aromatic heterocycles. The Labute approximate surface area is 104 Å². The molecule has 0 heterocycles. The first-order valence-corrected chi connectivity index (χ1v) is 7.38. The molecule has 0 aliphatic rings. The van der Waals surface area contributed by atoms with Crippen molar-refractivity contribution >= 4 is 0 Å². The molecule has 0 amide bonds. The third-order valence-corrected chi connectivity index (χ3v) is 3.64. The lowest BCUT2D eigenvalue weighted by molar-refractivity contribution is 0.186. The average Bonchev–Trinajstić information content (AvgIpc) is 2.13. The molecular weight excluding hydrogens is 192 g/mol. The second-order valence-corrected chi connectivity index (χ2v) is 6.90. The summed E-state index contributed by atoms with van der Waals surface area (Å²) >= 11 is 0. The molecule has 0 saturated heterocycles. The summed E-state index contributed by atoms with van der Waals surface area (Å²) in [7, 11) is 0. The summed E-state index contributed by atoms with van der Waals surface area (Å²) in [4.78, 5) is 0. The van der Waals surface area contributed by atoms with Gasteiger partial charge in [-0.15, -0.1) is 0 Å². The minimum atomic E-state index is 0.495. The van der Waals surface area contributed by atoms with Crippen molar-refractivity contribution in [2.75, 3.05) is 0 Å². The molecule has 1 atom stereocenters. The standard InChI is InChI=1S/C16H34/c1-7-8-9-10-11-12-15(13-14(2)3)16(4,5)6/h14-15H,7-13H2,1-6H3. The highest BCUT2D eigenvalue weighted by Crippen LogP contribution is 2.35. The summed E-state index contributed by atoms with van der Waals surface area (Å²) in [5.41, 5.74) is 0.495. The topological polar surface area (TPSA) is 0 Å². The molecule has 0 aromatic rings. The molecule has 0 aromatic carbocycles. The van der Waals surface area contributed by atoms with Crippen LogP contribution in [0.1, 0.15) is 86.5 Å². The Morgan fingerprint density at radius 2 is 1.44 bits per heavy atom. The molecule has 1 unspecified atom stereocenters.